The van der Waals surface area contributed by atoms with Crippen LogP contribution >= 0.6 is 0 Å². The van der Waals surface area contributed by atoms with Crippen LogP contribution in [0.3, 0.4) is 0 Å². The predicted molar refractivity (Wildman–Crippen MR) is 325 cm³/mol. The Hall–Kier alpha value is -6.00. The maximum Gasteiger partial charge on any atom is 0.252 e. The molecule has 0 saturated carbocycles. The molecule has 0 spiro atoms. The highest BCUT2D eigenvalue weighted by Crippen LogP contribution is 2.57. The molecule has 0 aromatic heterocycles. The standard InChI is InChI=1S/C71H82BN3/c1-44-36-51-53(68(10,11)34-32-66(51,6)7)41-58(44)75-60-42-54-52(67(8,9)33-35-69(54,12)13)40-56(60)72-55-30-28-46(65(3,4)5)37-59(55)74(57-31-29-50-63(45(57)2)71(16,17)43-70(50,14)15)61-38-49(39-62(75)64(61)72)73(47-24-20-18-21-25-47)48-26-22-19-23-27-48/h18-31,36-42H,32-35,43H2,1-17H3. The summed E-state index contributed by atoms with van der Waals surface area (Å²) < 4.78 is 0. The first-order chi connectivity index (χ1) is 35.1. The van der Waals surface area contributed by atoms with Crippen LogP contribution < -0.4 is 31.1 Å². The summed E-state index contributed by atoms with van der Waals surface area (Å²) in [5, 5.41) is 0. The van der Waals surface area contributed by atoms with Gasteiger partial charge in [-0.05, 0) is 211 Å². The lowest BCUT2D eigenvalue weighted by atomic mass is 9.33. The Kier molecular flexibility index (Phi) is 10.8. The molecule has 5 aliphatic rings. The number of aryl methyl sites for hydroxylation is 1. The fourth-order valence-electron chi connectivity index (χ4n) is 15.4. The van der Waals surface area contributed by atoms with E-state index in [2.05, 4.69) is 260 Å². The summed E-state index contributed by atoms with van der Waals surface area (Å²) in [4.78, 5) is 8.00. The van der Waals surface area contributed by atoms with Gasteiger partial charge in [-0.15, -0.1) is 0 Å². The topological polar surface area (TPSA) is 9.72 Å². The predicted octanol–water partition coefficient (Wildman–Crippen LogP) is 17.8. The smallest absolute Gasteiger partial charge is 0.252 e. The van der Waals surface area contributed by atoms with Crippen molar-refractivity contribution in [2.45, 2.75) is 188 Å². The summed E-state index contributed by atoms with van der Waals surface area (Å²) in [6.45, 7) is 41.8. The zero-order valence-corrected chi connectivity index (χ0v) is 48.6. The molecule has 7 aromatic carbocycles. The second-order valence-corrected chi connectivity index (χ2v) is 28.8. The highest BCUT2D eigenvalue weighted by Gasteiger charge is 2.50. The van der Waals surface area contributed by atoms with Crippen LogP contribution in [0.5, 0.6) is 0 Å². The third-order valence-corrected chi connectivity index (χ3v) is 19.6. The van der Waals surface area contributed by atoms with Crippen molar-refractivity contribution in [3.63, 3.8) is 0 Å². The van der Waals surface area contributed by atoms with E-state index in [4.69, 9.17) is 0 Å². The molecular formula is C71H82BN3. The normalized spacial score (nSPS) is 19.6. The lowest BCUT2D eigenvalue weighted by molar-refractivity contribution is 0.331. The summed E-state index contributed by atoms with van der Waals surface area (Å²) in [6.07, 6.45) is 5.79. The number of benzene rings is 7. The second kappa shape index (κ2) is 16.3. The minimum Gasteiger partial charge on any atom is -0.311 e. The zero-order chi connectivity index (χ0) is 53.3. The largest absolute Gasteiger partial charge is 0.311 e. The van der Waals surface area contributed by atoms with E-state index in [1.807, 2.05) is 0 Å². The van der Waals surface area contributed by atoms with Gasteiger partial charge in [0.1, 0.15) is 0 Å². The summed E-state index contributed by atoms with van der Waals surface area (Å²) >= 11 is 0. The van der Waals surface area contributed by atoms with Crippen LogP contribution in [0.4, 0.5) is 51.2 Å². The van der Waals surface area contributed by atoms with Gasteiger partial charge in [0, 0.05) is 45.5 Å². The summed E-state index contributed by atoms with van der Waals surface area (Å²) in [6, 6.07) is 50.5. The Labute approximate surface area is 451 Å². The maximum atomic E-state index is 2.77. The first kappa shape index (κ1) is 49.9. The molecule has 0 radical (unpaired) electrons. The van der Waals surface area contributed by atoms with Crippen molar-refractivity contribution in [2.24, 2.45) is 0 Å². The molecule has 2 aliphatic heterocycles. The average Bonchev–Trinajstić information content (AvgIpc) is 3.55. The van der Waals surface area contributed by atoms with Crippen molar-refractivity contribution < 1.29 is 0 Å². The monoisotopic (exact) mass is 988 g/mol. The Morgan fingerprint density at radius 3 is 1.43 bits per heavy atom. The third kappa shape index (κ3) is 7.56. The minimum atomic E-state index is -0.0628. The van der Waals surface area contributed by atoms with Crippen molar-refractivity contribution in [3.05, 3.63) is 177 Å². The van der Waals surface area contributed by atoms with Gasteiger partial charge in [-0.3, -0.25) is 0 Å². The fraction of sp³-hybridized carbons (Fsp3) is 0.408. The highest BCUT2D eigenvalue weighted by atomic mass is 15.2. The molecule has 0 amide bonds. The fourth-order valence-corrected chi connectivity index (χ4v) is 15.4. The summed E-state index contributed by atoms with van der Waals surface area (Å²) in [7, 11) is 0. The van der Waals surface area contributed by atoms with E-state index in [0.717, 1.165) is 36.3 Å². The van der Waals surface area contributed by atoms with E-state index >= 15 is 0 Å². The first-order valence-corrected chi connectivity index (χ1v) is 28.4. The number of anilines is 9. The number of para-hydroxylation sites is 2. The molecule has 0 bridgehead atoms. The van der Waals surface area contributed by atoms with Crippen LogP contribution in [-0.4, -0.2) is 6.71 Å². The summed E-state index contributed by atoms with van der Waals surface area (Å²) in [5.41, 5.74) is 28.6. The lowest BCUT2D eigenvalue weighted by Crippen LogP contribution is -2.62. The molecule has 0 fully saturated rings. The van der Waals surface area contributed by atoms with Gasteiger partial charge in [-0.25, -0.2) is 0 Å². The molecular weight excluding hydrogens is 906 g/mol. The lowest BCUT2D eigenvalue weighted by Gasteiger charge is -2.49. The number of rotatable bonds is 5. The molecule has 0 unspecified atom stereocenters. The Morgan fingerprint density at radius 1 is 0.413 bits per heavy atom. The first-order valence-electron chi connectivity index (χ1n) is 28.4. The van der Waals surface area contributed by atoms with Gasteiger partial charge >= 0.3 is 0 Å². The van der Waals surface area contributed by atoms with E-state index < -0.39 is 0 Å². The van der Waals surface area contributed by atoms with Gasteiger partial charge in [0.15, 0.2) is 0 Å². The Morgan fingerprint density at radius 2 is 0.893 bits per heavy atom. The van der Waals surface area contributed by atoms with Gasteiger partial charge in [0.25, 0.3) is 6.71 Å². The van der Waals surface area contributed by atoms with Crippen molar-refractivity contribution in [2.75, 3.05) is 14.7 Å². The molecule has 3 nitrogen and oxygen atoms in total. The Balaban J connectivity index is 1.27. The Bertz CT molecular complexity index is 3450. The maximum absolute atomic E-state index is 2.77. The average molecular weight is 988 g/mol. The molecule has 7 aromatic rings. The molecule has 75 heavy (non-hydrogen) atoms. The molecule has 4 heteroatoms. The van der Waals surface area contributed by atoms with Crippen molar-refractivity contribution in [1.29, 1.82) is 0 Å². The van der Waals surface area contributed by atoms with Gasteiger partial charge in [0.05, 0.1) is 5.69 Å². The number of hydrogen-bond donors (Lipinski definition) is 0. The third-order valence-electron chi connectivity index (χ3n) is 19.6. The SMILES string of the molecule is Cc1cc2c(cc1N1c3cc4c(cc3B3c5ccc(C(C)(C)C)cc5N(c5ccc6c(c5C)C(C)(C)CC6(C)C)c5cc(N(c6ccccc6)c6ccccc6)cc1c53)C(C)(C)CCC4(C)C)C(C)(C)CCC2(C)C. The highest BCUT2D eigenvalue weighted by molar-refractivity contribution is 7.00. The quantitative estimate of drug-likeness (QED) is 0.159. The van der Waals surface area contributed by atoms with Crippen LogP contribution in [-0.2, 0) is 37.9 Å². The second-order valence-electron chi connectivity index (χ2n) is 28.8. The molecule has 0 atom stereocenters. The van der Waals surface area contributed by atoms with Gasteiger partial charge in [-0.1, -0.05) is 171 Å². The van der Waals surface area contributed by atoms with Crippen molar-refractivity contribution in [3.8, 4) is 0 Å². The molecule has 0 saturated heterocycles. The number of hydrogen-bond acceptors (Lipinski definition) is 3. The van der Waals surface area contributed by atoms with Crippen LogP contribution in [0, 0.1) is 13.8 Å². The van der Waals surface area contributed by atoms with E-state index in [0.29, 0.717) is 0 Å². The zero-order valence-electron chi connectivity index (χ0n) is 48.6. The van der Waals surface area contributed by atoms with Crippen molar-refractivity contribution >= 4 is 74.3 Å². The molecule has 3 aliphatic carbocycles. The van der Waals surface area contributed by atoms with Crippen LogP contribution in [0.2, 0.25) is 0 Å². The van der Waals surface area contributed by atoms with E-state index in [1.54, 1.807) is 0 Å². The summed E-state index contributed by atoms with van der Waals surface area (Å²) in [5.74, 6) is 0. The number of nitrogens with zero attached hydrogens (tertiary/aromatic N) is 3. The van der Waals surface area contributed by atoms with Crippen LogP contribution in [0.25, 0.3) is 0 Å². The van der Waals surface area contributed by atoms with Gasteiger partial charge in [0.2, 0.25) is 0 Å². The molecule has 12 rings (SSSR count). The minimum absolute atomic E-state index is 0.0120. The van der Waals surface area contributed by atoms with Gasteiger partial charge in [-0.2, -0.15) is 0 Å². The van der Waals surface area contributed by atoms with E-state index in [9.17, 15) is 0 Å². The van der Waals surface area contributed by atoms with E-state index in [-0.39, 0.29) is 44.6 Å². The molecule has 384 valence electrons. The van der Waals surface area contributed by atoms with Gasteiger partial charge < -0.3 is 14.7 Å². The van der Waals surface area contributed by atoms with Crippen molar-refractivity contribution in [1.82, 2.24) is 0 Å². The van der Waals surface area contributed by atoms with Crippen LogP contribution in [0.15, 0.2) is 127 Å². The van der Waals surface area contributed by atoms with Crippen LogP contribution in [0.1, 0.15) is 186 Å². The number of fused-ring (bicyclic) bond motifs is 7. The molecule has 2 heterocycles. The van der Waals surface area contributed by atoms with E-state index in [1.165, 1.54) is 113 Å². The molecule has 0 N–H and O–H groups in total.